The third-order valence-corrected chi connectivity index (χ3v) is 13.4. The van der Waals surface area contributed by atoms with Gasteiger partial charge in [-0.2, -0.15) is 0 Å². The molecule has 0 atom stereocenters. The highest BCUT2D eigenvalue weighted by molar-refractivity contribution is 9.10. The summed E-state index contributed by atoms with van der Waals surface area (Å²) < 4.78 is 37.6. The van der Waals surface area contributed by atoms with E-state index in [0.717, 1.165) is 26.4 Å². The molecule has 0 aliphatic carbocycles. The molecule has 0 heterocycles. The van der Waals surface area contributed by atoms with E-state index in [-0.39, 0.29) is 18.6 Å². The van der Waals surface area contributed by atoms with Crippen LogP contribution in [0.5, 0.6) is 23.0 Å². The molecule has 4 rings (SSSR count). The van der Waals surface area contributed by atoms with E-state index in [2.05, 4.69) is 97.9 Å². The fourth-order valence-electron chi connectivity index (χ4n) is 5.52. The lowest BCUT2D eigenvalue weighted by molar-refractivity contribution is 0.0491. The summed E-state index contributed by atoms with van der Waals surface area (Å²) in [5, 5.41) is 3.63. The topological polar surface area (TPSA) is 55.4 Å². The smallest absolute Gasteiger partial charge is 0.319 e. The molecule has 0 unspecified atom stereocenters. The Bertz CT molecular complexity index is 1510. The van der Waals surface area contributed by atoms with Crippen molar-refractivity contribution in [3.8, 4) is 23.0 Å². The van der Waals surface area contributed by atoms with Crippen molar-refractivity contribution in [2.75, 3.05) is 34.4 Å². The molecular formula is C35H41BrO6Si. The minimum Gasteiger partial charge on any atom is -0.534 e. The van der Waals surface area contributed by atoms with Crippen LogP contribution in [0, 0.1) is 13.8 Å². The standard InChI is InChI=1S/C35H41BrO6Si/c1-9-20-39-33-24(2)29(21-28-30(33)34(41-23-38-8)31(36)25(3)32(28)40-22-37-7)42-43(35(4,5)6,26-16-12-10-13-17-26)27-18-14-11-15-19-27/h9-19,21H,1,20,22-23H2,2-8H3. The van der Waals surface area contributed by atoms with Gasteiger partial charge in [-0.1, -0.05) is 94.1 Å². The van der Waals surface area contributed by atoms with E-state index in [4.69, 9.17) is 28.1 Å². The predicted molar refractivity (Wildman–Crippen MR) is 180 cm³/mol. The molecular weight excluding hydrogens is 624 g/mol. The monoisotopic (exact) mass is 664 g/mol. The molecule has 0 saturated heterocycles. The van der Waals surface area contributed by atoms with Crippen LogP contribution in [-0.4, -0.2) is 42.7 Å². The molecule has 0 aromatic heterocycles. The largest absolute Gasteiger partial charge is 0.534 e. The second-order valence-electron chi connectivity index (χ2n) is 11.3. The second-order valence-corrected chi connectivity index (χ2v) is 16.3. The molecule has 0 aliphatic heterocycles. The van der Waals surface area contributed by atoms with Crippen molar-refractivity contribution in [2.24, 2.45) is 0 Å². The van der Waals surface area contributed by atoms with Crippen molar-refractivity contribution in [3.63, 3.8) is 0 Å². The van der Waals surface area contributed by atoms with Gasteiger partial charge in [0.15, 0.2) is 13.6 Å². The summed E-state index contributed by atoms with van der Waals surface area (Å²) >= 11 is 3.75. The van der Waals surface area contributed by atoms with E-state index >= 15 is 0 Å². The molecule has 0 saturated carbocycles. The Kier molecular flexibility index (Phi) is 10.6. The van der Waals surface area contributed by atoms with E-state index in [0.29, 0.717) is 29.6 Å². The maximum Gasteiger partial charge on any atom is 0.319 e. The zero-order chi connectivity index (χ0) is 31.2. The quantitative estimate of drug-likeness (QED) is 0.0830. The lowest BCUT2D eigenvalue weighted by Crippen LogP contribution is -2.68. The van der Waals surface area contributed by atoms with Crippen molar-refractivity contribution in [3.05, 3.63) is 95.0 Å². The number of methoxy groups -OCH3 is 2. The van der Waals surface area contributed by atoms with Gasteiger partial charge in [0.25, 0.3) is 0 Å². The number of halogens is 1. The zero-order valence-electron chi connectivity index (χ0n) is 26.1. The highest BCUT2D eigenvalue weighted by atomic mass is 79.9. The summed E-state index contributed by atoms with van der Waals surface area (Å²) in [6, 6.07) is 23.2. The van der Waals surface area contributed by atoms with Crippen molar-refractivity contribution < 1.29 is 28.1 Å². The molecule has 6 nitrogen and oxygen atoms in total. The van der Waals surface area contributed by atoms with E-state index in [1.54, 1.807) is 20.3 Å². The summed E-state index contributed by atoms with van der Waals surface area (Å²) in [5.74, 6) is 2.57. The molecule has 0 amide bonds. The predicted octanol–water partition coefficient (Wildman–Crippen LogP) is 7.69. The molecule has 4 aromatic carbocycles. The highest BCUT2D eigenvalue weighted by Crippen LogP contribution is 2.51. The van der Waals surface area contributed by atoms with Gasteiger partial charge in [0.05, 0.1) is 9.86 Å². The number of hydrogen-bond acceptors (Lipinski definition) is 6. The van der Waals surface area contributed by atoms with E-state index in [1.165, 1.54) is 10.4 Å². The lowest BCUT2D eigenvalue weighted by Gasteiger charge is -2.43. The van der Waals surface area contributed by atoms with Crippen LogP contribution in [0.1, 0.15) is 31.9 Å². The molecule has 0 bridgehead atoms. The third-order valence-electron chi connectivity index (χ3n) is 7.49. The number of rotatable bonds is 13. The van der Waals surface area contributed by atoms with Gasteiger partial charge in [-0.15, -0.1) is 0 Å². The Morgan fingerprint density at radius 2 is 1.30 bits per heavy atom. The SMILES string of the molecule is C=CCOc1c(C)c(O[Si](c2ccccc2)(c2ccccc2)C(C)(C)C)cc2c(OCOC)c(C)c(Br)c(OCOC)c12. The average molecular weight is 666 g/mol. The molecule has 4 aromatic rings. The van der Waals surface area contributed by atoms with Crippen LogP contribution in [0.25, 0.3) is 10.8 Å². The molecule has 8 heteroatoms. The summed E-state index contributed by atoms with van der Waals surface area (Å²) in [4.78, 5) is 0. The fourth-order valence-corrected chi connectivity index (χ4v) is 10.5. The summed E-state index contributed by atoms with van der Waals surface area (Å²) in [7, 11) is 0.226. The van der Waals surface area contributed by atoms with Crippen LogP contribution in [-0.2, 0) is 9.47 Å². The molecule has 228 valence electrons. The van der Waals surface area contributed by atoms with E-state index < -0.39 is 8.32 Å². The fraction of sp³-hybridized carbons (Fsp3) is 0.314. The van der Waals surface area contributed by atoms with Crippen LogP contribution in [0.3, 0.4) is 0 Å². The van der Waals surface area contributed by atoms with E-state index in [9.17, 15) is 0 Å². The van der Waals surface area contributed by atoms with Crippen LogP contribution in [0.2, 0.25) is 5.04 Å². The first kappa shape index (κ1) is 32.6. The number of fused-ring (bicyclic) bond motifs is 1. The molecule has 0 aliphatic rings. The Morgan fingerprint density at radius 1 is 0.767 bits per heavy atom. The molecule has 0 N–H and O–H groups in total. The van der Waals surface area contributed by atoms with Gasteiger partial charge >= 0.3 is 8.32 Å². The summed E-state index contributed by atoms with van der Waals surface area (Å²) in [6.45, 7) is 15.1. The number of ether oxygens (including phenoxy) is 5. The van der Waals surface area contributed by atoms with Gasteiger partial charge in [-0.25, -0.2) is 0 Å². The van der Waals surface area contributed by atoms with Gasteiger partial charge < -0.3 is 28.1 Å². The van der Waals surface area contributed by atoms with Crippen LogP contribution >= 0.6 is 15.9 Å². The van der Waals surface area contributed by atoms with Crippen molar-refractivity contribution in [1.82, 2.24) is 0 Å². The lowest BCUT2D eigenvalue weighted by atomic mass is 10.00. The maximum absolute atomic E-state index is 7.52. The van der Waals surface area contributed by atoms with Gasteiger partial charge in [-0.3, -0.25) is 0 Å². The Hall–Kier alpha value is -3.30. The van der Waals surface area contributed by atoms with Crippen molar-refractivity contribution in [2.45, 2.75) is 39.7 Å². The van der Waals surface area contributed by atoms with Crippen molar-refractivity contribution in [1.29, 1.82) is 0 Å². The first-order valence-electron chi connectivity index (χ1n) is 14.2. The molecule has 0 spiro atoms. The van der Waals surface area contributed by atoms with Crippen LogP contribution in [0.4, 0.5) is 0 Å². The summed E-state index contributed by atoms with van der Waals surface area (Å²) in [6.07, 6.45) is 1.72. The Morgan fingerprint density at radius 3 is 1.79 bits per heavy atom. The second kappa shape index (κ2) is 14.0. The van der Waals surface area contributed by atoms with Gasteiger partial charge in [0.1, 0.15) is 29.6 Å². The number of hydrogen-bond donors (Lipinski definition) is 0. The van der Waals surface area contributed by atoms with Crippen LogP contribution in [0.15, 0.2) is 83.9 Å². The molecule has 0 fully saturated rings. The zero-order valence-corrected chi connectivity index (χ0v) is 28.7. The van der Waals surface area contributed by atoms with Crippen molar-refractivity contribution >= 4 is 45.4 Å². The molecule has 43 heavy (non-hydrogen) atoms. The first-order chi connectivity index (χ1) is 20.6. The summed E-state index contributed by atoms with van der Waals surface area (Å²) in [5.41, 5.74) is 1.70. The normalized spacial score (nSPS) is 11.8. The Balaban J connectivity index is 2.13. The van der Waals surface area contributed by atoms with E-state index in [1.807, 2.05) is 26.0 Å². The highest BCUT2D eigenvalue weighted by Gasteiger charge is 2.52. The minimum atomic E-state index is -2.97. The first-order valence-corrected chi connectivity index (χ1v) is 16.9. The average Bonchev–Trinajstić information content (AvgIpc) is 3.00. The molecule has 0 radical (unpaired) electrons. The van der Waals surface area contributed by atoms with Crippen LogP contribution < -0.4 is 29.0 Å². The van der Waals surface area contributed by atoms with Gasteiger partial charge in [0.2, 0.25) is 0 Å². The Labute approximate surface area is 264 Å². The van der Waals surface area contributed by atoms with Gasteiger partial charge in [-0.05, 0) is 51.3 Å². The maximum atomic E-state index is 7.52. The third kappa shape index (κ3) is 6.34. The van der Waals surface area contributed by atoms with Gasteiger partial charge in [0, 0.05) is 30.7 Å². The number of benzene rings is 4. The minimum absolute atomic E-state index is 0.0612.